The number of nitrogens with one attached hydrogen (secondary N) is 3. The van der Waals surface area contributed by atoms with Gasteiger partial charge in [0.05, 0.1) is 29.1 Å². The molecule has 34 heavy (non-hydrogen) atoms. The van der Waals surface area contributed by atoms with E-state index in [-0.39, 0.29) is 18.1 Å². The zero-order chi connectivity index (χ0) is 23.5. The van der Waals surface area contributed by atoms with Crippen LogP contribution in [0.1, 0.15) is 18.5 Å². The van der Waals surface area contributed by atoms with Gasteiger partial charge in [0, 0.05) is 18.4 Å². The first-order chi connectivity index (χ1) is 16.7. The number of nitrogens with zero attached hydrogens (tertiary/aromatic N) is 5. The van der Waals surface area contributed by atoms with Gasteiger partial charge in [0.2, 0.25) is 12.3 Å². The number of fused-ring (bicyclic) bond motifs is 1. The van der Waals surface area contributed by atoms with E-state index in [9.17, 15) is 9.90 Å². The van der Waals surface area contributed by atoms with Crippen molar-refractivity contribution in [2.24, 2.45) is 0 Å². The summed E-state index contributed by atoms with van der Waals surface area (Å²) in [4.78, 5) is 21.1. The number of hydrogen-bond donors (Lipinski definition) is 4. The fraction of sp³-hybridized carbons (Fsp3) is 0.174. The minimum atomic E-state index is -0.416. The Balaban J connectivity index is 1.50. The van der Waals surface area contributed by atoms with Crippen LogP contribution in [0.15, 0.2) is 70.3 Å². The molecule has 3 heterocycles. The number of aromatic amines is 1. The van der Waals surface area contributed by atoms with Crippen molar-refractivity contribution >= 4 is 28.4 Å². The molecule has 0 saturated heterocycles. The molecular formula is C23H22N8O3. The monoisotopic (exact) mass is 458 g/mol. The molecule has 1 atom stereocenters. The van der Waals surface area contributed by atoms with E-state index in [4.69, 9.17) is 4.42 Å². The molecule has 0 bridgehead atoms. The fourth-order valence-electron chi connectivity index (χ4n) is 3.73. The molecule has 0 unspecified atom stereocenters. The van der Waals surface area contributed by atoms with Crippen LogP contribution in [0, 0.1) is 0 Å². The quantitative estimate of drug-likeness (QED) is 0.275. The minimum absolute atomic E-state index is 0.133. The van der Waals surface area contributed by atoms with Crippen LogP contribution in [0.4, 0.5) is 17.5 Å². The minimum Gasteiger partial charge on any atom is -0.423 e. The molecule has 2 aromatic carbocycles. The van der Waals surface area contributed by atoms with Gasteiger partial charge in [-0.3, -0.25) is 14.6 Å². The van der Waals surface area contributed by atoms with E-state index in [2.05, 4.69) is 35.9 Å². The van der Waals surface area contributed by atoms with E-state index in [1.54, 1.807) is 23.0 Å². The standard InChI is InChI=1S/C23H22N8O3/c1-2-31-19-10-15(8-9-16(19)21(33)30-31)26-23-24-11-17(22-29-25-13-34-22)20(28-23)27-18(12-32)14-6-4-3-5-7-14/h3-11,13,18,32H,2,12H2,1H3,(H,30,33)(H2,24,26,27,28)/t18-/m1/s1. The molecule has 5 rings (SSSR count). The Kier molecular flexibility index (Phi) is 5.75. The summed E-state index contributed by atoms with van der Waals surface area (Å²) >= 11 is 0. The summed E-state index contributed by atoms with van der Waals surface area (Å²) in [7, 11) is 0. The van der Waals surface area contributed by atoms with E-state index < -0.39 is 6.04 Å². The zero-order valence-electron chi connectivity index (χ0n) is 18.3. The van der Waals surface area contributed by atoms with Crippen molar-refractivity contribution in [1.82, 2.24) is 29.9 Å². The van der Waals surface area contributed by atoms with Gasteiger partial charge >= 0.3 is 0 Å². The van der Waals surface area contributed by atoms with Gasteiger partial charge in [0.15, 0.2) is 0 Å². The van der Waals surface area contributed by atoms with Crippen molar-refractivity contribution in [2.75, 3.05) is 17.2 Å². The maximum Gasteiger partial charge on any atom is 0.271 e. The lowest BCUT2D eigenvalue weighted by Crippen LogP contribution is -2.17. The predicted molar refractivity (Wildman–Crippen MR) is 127 cm³/mol. The van der Waals surface area contributed by atoms with Crippen molar-refractivity contribution in [2.45, 2.75) is 19.5 Å². The van der Waals surface area contributed by atoms with Crippen LogP contribution in [0.3, 0.4) is 0 Å². The third kappa shape index (κ3) is 4.11. The SMILES string of the molecule is CCn1[nH]c(=O)c2ccc(Nc3ncc(-c4nnco4)c(N[C@H](CO)c4ccccc4)n3)cc21. The van der Waals surface area contributed by atoms with Gasteiger partial charge in [-0.1, -0.05) is 30.3 Å². The van der Waals surface area contributed by atoms with E-state index in [1.807, 2.05) is 43.3 Å². The molecule has 0 saturated carbocycles. The first kappa shape index (κ1) is 21.3. The van der Waals surface area contributed by atoms with Gasteiger partial charge in [0.1, 0.15) is 5.82 Å². The highest BCUT2D eigenvalue weighted by molar-refractivity contribution is 5.83. The maximum absolute atomic E-state index is 12.1. The van der Waals surface area contributed by atoms with Crippen molar-refractivity contribution in [3.8, 4) is 11.5 Å². The number of aliphatic hydroxyl groups is 1. The van der Waals surface area contributed by atoms with Gasteiger partial charge in [-0.2, -0.15) is 4.98 Å². The second-order valence-corrected chi connectivity index (χ2v) is 7.53. The summed E-state index contributed by atoms with van der Waals surface area (Å²) in [5.74, 6) is 0.980. The summed E-state index contributed by atoms with van der Waals surface area (Å²) in [6, 6.07) is 14.5. The molecule has 0 fully saturated rings. The number of H-pyrrole nitrogens is 1. The number of hydrogen-bond acceptors (Lipinski definition) is 9. The van der Waals surface area contributed by atoms with Gasteiger partial charge in [0.25, 0.3) is 11.4 Å². The highest BCUT2D eigenvalue weighted by Gasteiger charge is 2.18. The van der Waals surface area contributed by atoms with Crippen molar-refractivity contribution in [1.29, 1.82) is 0 Å². The summed E-state index contributed by atoms with van der Waals surface area (Å²) in [6.45, 7) is 2.43. The van der Waals surface area contributed by atoms with Crippen LogP contribution in [-0.2, 0) is 6.54 Å². The Bertz CT molecular complexity index is 1460. The van der Waals surface area contributed by atoms with E-state index in [0.29, 0.717) is 34.9 Å². The number of rotatable bonds is 8. The van der Waals surface area contributed by atoms with Crippen LogP contribution >= 0.6 is 0 Å². The average Bonchev–Trinajstić information content (AvgIpc) is 3.51. The van der Waals surface area contributed by atoms with Gasteiger partial charge in [-0.15, -0.1) is 10.2 Å². The smallest absolute Gasteiger partial charge is 0.271 e. The third-order valence-corrected chi connectivity index (χ3v) is 5.42. The Morgan fingerprint density at radius 3 is 2.79 bits per heavy atom. The van der Waals surface area contributed by atoms with Crippen LogP contribution in [-0.4, -0.2) is 41.7 Å². The molecule has 0 aliphatic rings. The maximum atomic E-state index is 12.1. The third-order valence-electron chi connectivity index (χ3n) is 5.42. The van der Waals surface area contributed by atoms with Crippen LogP contribution in [0.2, 0.25) is 0 Å². The normalized spacial score (nSPS) is 12.1. The summed E-state index contributed by atoms with van der Waals surface area (Å²) in [6.07, 6.45) is 2.80. The Hall–Kier alpha value is -4.51. The molecule has 0 radical (unpaired) electrons. The Morgan fingerprint density at radius 2 is 2.06 bits per heavy atom. The van der Waals surface area contributed by atoms with Crippen molar-refractivity contribution in [3.63, 3.8) is 0 Å². The number of benzene rings is 2. The van der Waals surface area contributed by atoms with E-state index in [1.165, 1.54) is 6.39 Å². The van der Waals surface area contributed by atoms with Crippen molar-refractivity contribution < 1.29 is 9.52 Å². The van der Waals surface area contributed by atoms with Crippen LogP contribution in [0.5, 0.6) is 0 Å². The van der Waals surface area contributed by atoms with Crippen molar-refractivity contribution in [3.05, 3.63) is 77.0 Å². The first-order valence-corrected chi connectivity index (χ1v) is 10.7. The molecule has 0 aliphatic heterocycles. The lowest BCUT2D eigenvalue weighted by atomic mass is 10.1. The molecule has 3 aromatic heterocycles. The molecule has 11 heteroatoms. The zero-order valence-corrected chi connectivity index (χ0v) is 18.3. The molecule has 172 valence electrons. The number of aryl methyl sites for hydroxylation is 1. The summed E-state index contributed by atoms with van der Waals surface area (Å²) < 4.78 is 7.13. The molecular weight excluding hydrogens is 436 g/mol. The highest BCUT2D eigenvalue weighted by atomic mass is 16.4. The fourth-order valence-corrected chi connectivity index (χ4v) is 3.73. The topological polar surface area (TPSA) is 147 Å². The highest BCUT2D eigenvalue weighted by Crippen LogP contribution is 2.29. The average molecular weight is 458 g/mol. The largest absolute Gasteiger partial charge is 0.423 e. The Morgan fingerprint density at radius 1 is 1.21 bits per heavy atom. The lowest BCUT2D eigenvalue weighted by Gasteiger charge is -2.19. The van der Waals surface area contributed by atoms with Gasteiger partial charge in [-0.05, 0) is 30.7 Å². The number of aromatic nitrogens is 6. The number of anilines is 3. The van der Waals surface area contributed by atoms with Crippen LogP contribution in [0.25, 0.3) is 22.4 Å². The Labute approximate surface area is 193 Å². The predicted octanol–water partition coefficient (Wildman–Crippen LogP) is 3.08. The summed E-state index contributed by atoms with van der Waals surface area (Å²) in [5, 5.41) is 27.6. The molecule has 0 spiro atoms. The van der Waals surface area contributed by atoms with E-state index in [0.717, 1.165) is 11.1 Å². The summed E-state index contributed by atoms with van der Waals surface area (Å²) in [5.41, 5.74) is 2.75. The molecule has 0 aliphatic carbocycles. The molecule has 5 aromatic rings. The van der Waals surface area contributed by atoms with Crippen LogP contribution < -0.4 is 16.2 Å². The van der Waals surface area contributed by atoms with Gasteiger partial charge < -0.3 is 20.2 Å². The van der Waals surface area contributed by atoms with E-state index >= 15 is 0 Å². The number of aliphatic hydroxyl groups excluding tert-OH is 1. The second-order valence-electron chi connectivity index (χ2n) is 7.53. The lowest BCUT2D eigenvalue weighted by molar-refractivity contribution is 0.276. The second kappa shape index (κ2) is 9.16. The molecule has 11 nitrogen and oxygen atoms in total. The molecule has 0 amide bonds. The molecule has 4 N–H and O–H groups in total. The van der Waals surface area contributed by atoms with Gasteiger partial charge in [-0.25, -0.2) is 4.98 Å². The first-order valence-electron chi connectivity index (χ1n) is 10.7.